The summed E-state index contributed by atoms with van der Waals surface area (Å²) in [6.07, 6.45) is 7.63. The molecule has 110 valence electrons. The second-order valence-electron chi connectivity index (χ2n) is 6.92. The summed E-state index contributed by atoms with van der Waals surface area (Å²) >= 11 is 0. The van der Waals surface area contributed by atoms with Crippen LogP contribution in [0.3, 0.4) is 0 Å². The third-order valence-corrected chi connectivity index (χ3v) is 4.92. The maximum absolute atomic E-state index is 6.22. The van der Waals surface area contributed by atoms with E-state index in [1.807, 2.05) is 0 Å². The molecule has 1 heterocycles. The first-order valence-corrected chi connectivity index (χ1v) is 7.64. The minimum absolute atomic E-state index is 0.305. The van der Waals surface area contributed by atoms with Crippen molar-refractivity contribution in [3.05, 3.63) is 41.5 Å². The smallest absolute Gasteiger partial charge is 0.399 e. The van der Waals surface area contributed by atoms with Crippen molar-refractivity contribution in [1.29, 1.82) is 0 Å². The highest BCUT2D eigenvalue weighted by Gasteiger charge is 2.52. The summed E-state index contributed by atoms with van der Waals surface area (Å²) in [5, 5.41) is 0. The summed E-state index contributed by atoms with van der Waals surface area (Å²) in [5.41, 5.74) is 4.32. The van der Waals surface area contributed by atoms with Gasteiger partial charge in [-0.05, 0) is 63.2 Å². The number of fused-ring (bicyclic) bond motifs is 1. The van der Waals surface area contributed by atoms with Crippen molar-refractivity contribution in [2.45, 2.75) is 52.2 Å². The molecule has 1 fully saturated rings. The van der Waals surface area contributed by atoms with Crippen LogP contribution in [-0.4, -0.2) is 18.3 Å². The molecule has 1 saturated heterocycles. The van der Waals surface area contributed by atoms with Crippen LogP contribution < -0.4 is 5.46 Å². The molecule has 0 unspecified atom stereocenters. The van der Waals surface area contributed by atoms with E-state index in [1.54, 1.807) is 0 Å². The van der Waals surface area contributed by atoms with Crippen molar-refractivity contribution in [3.8, 4) is 0 Å². The highest BCUT2D eigenvalue weighted by atomic mass is 16.7. The highest BCUT2D eigenvalue weighted by Crippen LogP contribution is 2.37. The van der Waals surface area contributed by atoms with Crippen LogP contribution in [0.25, 0.3) is 11.6 Å². The lowest BCUT2D eigenvalue weighted by atomic mass is 9.74. The molecule has 0 aromatic heterocycles. The second-order valence-corrected chi connectivity index (χ2v) is 6.92. The zero-order chi connectivity index (χ0) is 15.3. The quantitative estimate of drug-likeness (QED) is 0.729. The van der Waals surface area contributed by atoms with E-state index in [2.05, 4.69) is 71.0 Å². The summed E-state index contributed by atoms with van der Waals surface area (Å²) < 4.78 is 12.4. The average molecular weight is 282 g/mol. The number of rotatable bonds is 1. The van der Waals surface area contributed by atoms with Crippen molar-refractivity contribution in [2.75, 3.05) is 0 Å². The van der Waals surface area contributed by atoms with Crippen molar-refractivity contribution in [3.63, 3.8) is 0 Å². The average Bonchev–Trinajstić information content (AvgIpc) is 2.54. The van der Waals surface area contributed by atoms with E-state index in [1.165, 1.54) is 16.7 Å². The van der Waals surface area contributed by atoms with E-state index in [0.717, 1.165) is 11.9 Å². The molecule has 0 spiro atoms. The first-order chi connectivity index (χ1) is 9.82. The molecule has 1 aliphatic carbocycles. The topological polar surface area (TPSA) is 18.5 Å². The van der Waals surface area contributed by atoms with Gasteiger partial charge in [0.1, 0.15) is 0 Å². The molecule has 21 heavy (non-hydrogen) atoms. The minimum Gasteiger partial charge on any atom is -0.399 e. The lowest BCUT2D eigenvalue weighted by Crippen LogP contribution is -2.41. The van der Waals surface area contributed by atoms with Gasteiger partial charge in [0.25, 0.3) is 0 Å². The fourth-order valence-corrected chi connectivity index (χ4v) is 2.83. The molecule has 0 amide bonds. The summed E-state index contributed by atoms with van der Waals surface area (Å²) in [6.45, 7) is 10.5. The van der Waals surface area contributed by atoms with E-state index in [0.29, 0.717) is 0 Å². The lowest BCUT2D eigenvalue weighted by Gasteiger charge is -2.32. The van der Waals surface area contributed by atoms with Crippen LogP contribution in [0.1, 0.15) is 52.2 Å². The van der Waals surface area contributed by atoms with E-state index < -0.39 is 0 Å². The van der Waals surface area contributed by atoms with E-state index in [9.17, 15) is 0 Å². The summed E-state index contributed by atoms with van der Waals surface area (Å²) in [4.78, 5) is 0. The number of allylic oxidation sites excluding steroid dienone is 3. The fourth-order valence-electron chi connectivity index (χ4n) is 2.83. The summed E-state index contributed by atoms with van der Waals surface area (Å²) in [5.74, 6) is 0. The lowest BCUT2D eigenvalue weighted by molar-refractivity contribution is 0.00578. The zero-order valence-corrected chi connectivity index (χ0v) is 13.6. The van der Waals surface area contributed by atoms with Gasteiger partial charge in [-0.25, -0.2) is 0 Å². The Labute approximate surface area is 128 Å². The molecule has 2 nitrogen and oxygen atoms in total. The van der Waals surface area contributed by atoms with E-state index in [4.69, 9.17) is 9.31 Å². The van der Waals surface area contributed by atoms with Crippen LogP contribution in [0.5, 0.6) is 0 Å². The number of benzene rings is 1. The van der Waals surface area contributed by atoms with Crippen molar-refractivity contribution in [1.82, 2.24) is 0 Å². The predicted octanol–water partition coefficient (Wildman–Crippen LogP) is 3.81. The Balaban J connectivity index is 2.06. The van der Waals surface area contributed by atoms with Crippen molar-refractivity contribution >= 4 is 24.2 Å². The van der Waals surface area contributed by atoms with Gasteiger partial charge in [0, 0.05) is 0 Å². The molecule has 2 aliphatic rings. The molecule has 0 atom stereocenters. The Morgan fingerprint density at radius 2 is 1.71 bits per heavy atom. The van der Waals surface area contributed by atoms with Gasteiger partial charge in [-0.15, -0.1) is 0 Å². The maximum atomic E-state index is 6.22. The molecule has 3 rings (SSSR count). The van der Waals surface area contributed by atoms with Gasteiger partial charge in [0.15, 0.2) is 0 Å². The Morgan fingerprint density at radius 3 is 2.38 bits per heavy atom. The van der Waals surface area contributed by atoms with E-state index >= 15 is 0 Å². The van der Waals surface area contributed by atoms with Gasteiger partial charge in [-0.1, -0.05) is 36.4 Å². The van der Waals surface area contributed by atoms with Crippen LogP contribution in [-0.2, 0) is 9.31 Å². The van der Waals surface area contributed by atoms with Crippen LogP contribution in [0.15, 0.2) is 30.4 Å². The van der Waals surface area contributed by atoms with Crippen LogP contribution in [0.2, 0.25) is 0 Å². The zero-order valence-electron chi connectivity index (χ0n) is 13.6. The first kappa shape index (κ1) is 14.6. The molecule has 0 N–H and O–H groups in total. The van der Waals surface area contributed by atoms with Gasteiger partial charge in [-0.2, -0.15) is 0 Å². The highest BCUT2D eigenvalue weighted by molar-refractivity contribution is 6.63. The Bertz CT molecular complexity index is 610. The first-order valence-electron chi connectivity index (χ1n) is 7.64. The second kappa shape index (κ2) is 4.86. The maximum Gasteiger partial charge on any atom is 0.495 e. The fraction of sp³-hybridized carbons (Fsp3) is 0.444. The van der Waals surface area contributed by atoms with Crippen molar-refractivity contribution in [2.24, 2.45) is 0 Å². The van der Waals surface area contributed by atoms with Gasteiger partial charge in [0.2, 0.25) is 0 Å². The van der Waals surface area contributed by atoms with Gasteiger partial charge >= 0.3 is 7.12 Å². The monoisotopic (exact) mass is 282 g/mol. The van der Waals surface area contributed by atoms with Crippen molar-refractivity contribution < 1.29 is 9.31 Å². The number of hydrogen-bond donors (Lipinski definition) is 0. The summed E-state index contributed by atoms with van der Waals surface area (Å²) in [6, 6.07) is 6.38. The standard InChI is InChI=1S/C18H23BO2/c1-13-9-6-7-10-15-14(13)11-8-12-16(15)19-20-17(2,3)18(4,5)21-19/h7-12H,6H2,1-5H3. The molecule has 0 bridgehead atoms. The largest absolute Gasteiger partial charge is 0.495 e. The van der Waals surface area contributed by atoms with Gasteiger partial charge < -0.3 is 9.31 Å². The third kappa shape index (κ3) is 2.39. The molecule has 1 aliphatic heterocycles. The molecule has 0 saturated carbocycles. The Hall–Kier alpha value is -1.32. The normalized spacial score (nSPS) is 22.7. The Kier molecular flexibility index (Phi) is 3.38. The minimum atomic E-state index is -0.306. The summed E-state index contributed by atoms with van der Waals surface area (Å²) in [7, 11) is -0.305. The molecule has 1 aromatic rings. The van der Waals surface area contributed by atoms with Crippen LogP contribution >= 0.6 is 0 Å². The SMILES string of the molecule is CC1=CCC=Cc2c(B3OC(C)(C)C(C)(C)O3)cccc21. The third-order valence-electron chi connectivity index (χ3n) is 4.92. The predicted molar refractivity (Wildman–Crippen MR) is 89.5 cm³/mol. The molecule has 0 radical (unpaired) electrons. The van der Waals surface area contributed by atoms with Gasteiger partial charge in [-0.3, -0.25) is 0 Å². The van der Waals surface area contributed by atoms with E-state index in [-0.39, 0.29) is 18.3 Å². The molecule has 3 heteroatoms. The van der Waals surface area contributed by atoms with Crippen LogP contribution in [0.4, 0.5) is 0 Å². The van der Waals surface area contributed by atoms with Crippen LogP contribution in [0, 0.1) is 0 Å². The number of hydrogen-bond acceptors (Lipinski definition) is 2. The molecular formula is C18H23BO2. The Morgan fingerprint density at radius 1 is 1.05 bits per heavy atom. The molecule has 1 aromatic carbocycles. The van der Waals surface area contributed by atoms with Gasteiger partial charge in [0.05, 0.1) is 11.2 Å². The molecular weight excluding hydrogens is 259 g/mol.